The Bertz CT molecular complexity index is 549. The summed E-state index contributed by atoms with van der Waals surface area (Å²) in [6.07, 6.45) is 1.03. The van der Waals surface area contributed by atoms with Gasteiger partial charge in [-0.15, -0.1) is 0 Å². The summed E-state index contributed by atoms with van der Waals surface area (Å²) >= 11 is 5.79. The van der Waals surface area contributed by atoms with E-state index in [2.05, 4.69) is 10.5 Å². The van der Waals surface area contributed by atoms with E-state index in [-0.39, 0.29) is 5.91 Å². The third kappa shape index (κ3) is 4.41. The molecule has 4 nitrogen and oxygen atoms in total. The van der Waals surface area contributed by atoms with Gasteiger partial charge < -0.3 is 9.84 Å². The Hall–Kier alpha value is -1.81. The summed E-state index contributed by atoms with van der Waals surface area (Å²) in [5.74, 6) is 0.769. The van der Waals surface area contributed by atoms with E-state index in [1.165, 1.54) is 0 Å². The second-order valence-corrected chi connectivity index (χ2v) is 4.77. The molecule has 1 heterocycles. The second-order valence-electron chi connectivity index (χ2n) is 4.33. The summed E-state index contributed by atoms with van der Waals surface area (Å²) in [5, 5.41) is 7.39. The Morgan fingerprint density at radius 3 is 2.74 bits per heavy atom. The SMILES string of the molecule is Cc1cc(CCNC(=O)Cc2ccc(Cl)cc2)no1. The number of hydrogen-bond acceptors (Lipinski definition) is 3. The van der Waals surface area contributed by atoms with Crippen LogP contribution in [-0.2, 0) is 17.6 Å². The normalized spacial score (nSPS) is 10.4. The minimum atomic E-state index is -0.0115. The van der Waals surface area contributed by atoms with Gasteiger partial charge in [-0.3, -0.25) is 4.79 Å². The summed E-state index contributed by atoms with van der Waals surface area (Å²) < 4.78 is 4.95. The van der Waals surface area contributed by atoms with Gasteiger partial charge in [0.05, 0.1) is 12.1 Å². The van der Waals surface area contributed by atoms with Crippen molar-refractivity contribution in [3.8, 4) is 0 Å². The molecule has 0 saturated heterocycles. The van der Waals surface area contributed by atoms with Gasteiger partial charge in [-0.05, 0) is 24.6 Å². The van der Waals surface area contributed by atoms with Gasteiger partial charge in [0, 0.05) is 24.1 Å². The molecule has 100 valence electrons. The molecule has 2 rings (SSSR count). The summed E-state index contributed by atoms with van der Waals surface area (Å²) in [6.45, 7) is 2.40. The maximum atomic E-state index is 11.7. The lowest BCUT2D eigenvalue weighted by Gasteiger charge is -2.04. The van der Waals surface area contributed by atoms with Gasteiger partial charge in [0.1, 0.15) is 5.76 Å². The third-order valence-electron chi connectivity index (χ3n) is 2.66. The zero-order valence-electron chi connectivity index (χ0n) is 10.6. The van der Waals surface area contributed by atoms with Crippen molar-refractivity contribution in [2.24, 2.45) is 0 Å². The highest BCUT2D eigenvalue weighted by atomic mass is 35.5. The maximum Gasteiger partial charge on any atom is 0.224 e. The van der Waals surface area contributed by atoms with Crippen LogP contribution in [0.2, 0.25) is 5.02 Å². The Morgan fingerprint density at radius 2 is 2.11 bits per heavy atom. The fraction of sp³-hybridized carbons (Fsp3) is 0.286. The van der Waals surface area contributed by atoms with Crippen molar-refractivity contribution < 1.29 is 9.32 Å². The summed E-state index contributed by atoms with van der Waals surface area (Å²) in [7, 11) is 0. The lowest BCUT2D eigenvalue weighted by molar-refractivity contribution is -0.120. The van der Waals surface area contributed by atoms with E-state index in [9.17, 15) is 4.79 Å². The minimum absolute atomic E-state index is 0.0115. The topological polar surface area (TPSA) is 55.1 Å². The van der Waals surface area contributed by atoms with Crippen molar-refractivity contribution in [3.05, 3.63) is 52.4 Å². The molecular weight excluding hydrogens is 264 g/mol. The molecule has 0 aliphatic heterocycles. The number of carbonyl (C=O) groups excluding carboxylic acids is 1. The van der Waals surface area contributed by atoms with Crippen molar-refractivity contribution in [1.29, 1.82) is 0 Å². The third-order valence-corrected chi connectivity index (χ3v) is 2.91. The van der Waals surface area contributed by atoms with Crippen LogP contribution >= 0.6 is 11.6 Å². The Labute approximate surface area is 116 Å². The average molecular weight is 279 g/mol. The smallest absolute Gasteiger partial charge is 0.224 e. The highest BCUT2D eigenvalue weighted by Crippen LogP contribution is 2.09. The van der Waals surface area contributed by atoms with E-state index < -0.39 is 0 Å². The quantitative estimate of drug-likeness (QED) is 0.914. The highest BCUT2D eigenvalue weighted by Gasteiger charge is 2.04. The van der Waals surface area contributed by atoms with Crippen LogP contribution in [0.15, 0.2) is 34.9 Å². The minimum Gasteiger partial charge on any atom is -0.361 e. The first-order valence-electron chi connectivity index (χ1n) is 6.07. The molecule has 0 fully saturated rings. The average Bonchev–Trinajstić information content (AvgIpc) is 2.78. The van der Waals surface area contributed by atoms with Crippen molar-refractivity contribution >= 4 is 17.5 Å². The first kappa shape index (κ1) is 13.6. The van der Waals surface area contributed by atoms with Crippen LogP contribution in [0.3, 0.4) is 0 Å². The van der Waals surface area contributed by atoms with Gasteiger partial charge in [0.25, 0.3) is 0 Å². The Balaban J connectivity index is 1.74. The number of halogens is 1. The fourth-order valence-electron chi connectivity index (χ4n) is 1.72. The lowest BCUT2D eigenvalue weighted by atomic mass is 10.1. The zero-order chi connectivity index (χ0) is 13.7. The van der Waals surface area contributed by atoms with Crippen molar-refractivity contribution in [2.75, 3.05) is 6.54 Å². The van der Waals surface area contributed by atoms with Gasteiger partial charge in [0.15, 0.2) is 0 Å². The number of nitrogens with one attached hydrogen (secondary N) is 1. The number of rotatable bonds is 5. The van der Waals surface area contributed by atoms with E-state index in [1.807, 2.05) is 25.1 Å². The Morgan fingerprint density at radius 1 is 1.37 bits per heavy atom. The maximum absolute atomic E-state index is 11.7. The number of hydrogen-bond donors (Lipinski definition) is 1. The number of benzene rings is 1. The molecule has 0 saturated carbocycles. The van der Waals surface area contributed by atoms with E-state index in [1.54, 1.807) is 12.1 Å². The van der Waals surface area contributed by atoms with E-state index in [0.29, 0.717) is 24.4 Å². The van der Waals surface area contributed by atoms with E-state index in [4.69, 9.17) is 16.1 Å². The first-order valence-corrected chi connectivity index (χ1v) is 6.44. The number of nitrogens with zero attached hydrogens (tertiary/aromatic N) is 1. The van der Waals surface area contributed by atoms with Gasteiger partial charge in [-0.2, -0.15) is 0 Å². The van der Waals surface area contributed by atoms with Crippen LogP contribution in [0.4, 0.5) is 0 Å². The molecule has 1 aromatic heterocycles. The number of aryl methyl sites for hydroxylation is 1. The van der Waals surface area contributed by atoms with Crippen molar-refractivity contribution in [3.63, 3.8) is 0 Å². The van der Waals surface area contributed by atoms with Crippen LogP contribution in [0.25, 0.3) is 0 Å². The van der Waals surface area contributed by atoms with Gasteiger partial charge in [-0.1, -0.05) is 28.9 Å². The van der Waals surface area contributed by atoms with Crippen molar-refractivity contribution in [2.45, 2.75) is 19.8 Å². The molecule has 1 amide bonds. The van der Waals surface area contributed by atoms with Gasteiger partial charge in [0.2, 0.25) is 5.91 Å². The van der Waals surface area contributed by atoms with Crippen LogP contribution in [-0.4, -0.2) is 17.6 Å². The van der Waals surface area contributed by atoms with Crippen LogP contribution < -0.4 is 5.32 Å². The largest absolute Gasteiger partial charge is 0.361 e. The van der Waals surface area contributed by atoms with E-state index >= 15 is 0 Å². The molecule has 0 unspecified atom stereocenters. The number of carbonyl (C=O) groups is 1. The van der Waals surface area contributed by atoms with Crippen molar-refractivity contribution in [1.82, 2.24) is 10.5 Å². The molecule has 1 aromatic carbocycles. The Kier molecular flexibility index (Phi) is 4.58. The molecule has 0 aliphatic carbocycles. The summed E-state index contributed by atoms with van der Waals surface area (Å²) in [5.41, 5.74) is 1.79. The van der Waals surface area contributed by atoms with Crippen LogP contribution in [0.1, 0.15) is 17.0 Å². The van der Waals surface area contributed by atoms with Gasteiger partial charge in [-0.25, -0.2) is 0 Å². The molecule has 5 heteroatoms. The molecule has 19 heavy (non-hydrogen) atoms. The summed E-state index contributed by atoms with van der Waals surface area (Å²) in [6, 6.07) is 9.13. The lowest BCUT2D eigenvalue weighted by Crippen LogP contribution is -2.27. The number of aromatic nitrogens is 1. The molecule has 0 atom stereocenters. The first-order chi connectivity index (χ1) is 9.13. The molecule has 0 spiro atoms. The second kappa shape index (κ2) is 6.38. The molecular formula is C14H15ClN2O2. The van der Waals surface area contributed by atoms with Crippen LogP contribution in [0, 0.1) is 6.92 Å². The van der Waals surface area contributed by atoms with Gasteiger partial charge >= 0.3 is 0 Å². The monoisotopic (exact) mass is 278 g/mol. The molecule has 0 aliphatic rings. The molecule has 0 radical (unpaired) electrons. The molecule has 0 bridgehead atoms. The molecule has 1 N–H and O–H groups in total. The standard InChI is InChI=1S/C14H15ClN2O2/c1-10-8-13(17-19-10)6-7-16-14(18)9-11-2-4-12(15)5-3-11/h2-5,8H,6-7,9H2,1H3,(H,16,18). The summed E-state index contributed by atoms with van der Waals surface area (Å²) in [4.78, 5) is 11.7. The predicted molar refractivity (Wildman–Crippen MR) is 73.1 cm³/mol. The predicted octanol–water partition coefficient (Wildman–Crippen LogP) is 2.54. The highest BCUT2D eigenvalue weighted by molar-refractivity contribution is 6.30. The number of amides is 1. The fourth-order valence-corrected chi connectivity index (χ4v) is 1.84. The van der Waals surface area contributed by atoms with E-state index in [0.717, 1.165) is 17.0 Å². The zero-order valence-corrected chi connectivity index (χ0v) is 11.4. The molecule has 2 aromatic rings. The van der Waals surface area contributed by atoms with Crippen LogP contribution in [0.5, 0.6) is 0 Å².